The largest absolute Gasteiger partial charge is 0.478 e. The quantitative estimate of drug-likeness (QED) is 0.867. The van der Waals surface area contributed by atoms with Gasteiger partial charge in [-0.2, -0.15) is 0 Å². The Balaban J connectivity index is 2.44. The average molecular weight is 314 g/mol. The molecular weight excluding hydrogens is 302 g/mol. The molecule has 1 saturated heterocycles. The Hall–Kier alpha value is -1.63. The molecule has 1 atom stereocenters. The van der Waals surface area contributed by atoms with Crippen LogP contribution in [0.2, 0.25) is 0 Å². The minimum atomic E-state index is -1.08. The van der Waals surface area contributed by atoms with E-state index in [-0.39, 0.29) is 5.56 Å². The topological polar surface area (TPSA) is 96.5 Å². The van der Waals surface area contributed by atoms with Crippen LogP contribution in [0.1, 0.15) is 23.2 Å². The van der Waals surface area contributed by atoms with Crippen LogP contribution in [0.4, 0.5) is 5.82 Å². The van der Waals surface area contributed by atoms with Crippen molar-refractivity contribution in [3.63, 3.8) is 0 Å². The summed E-state index contributed by atoms with van der Waals surface area (Å²) < 4.78 is 0.582. The zero-order valence-electron chi connectivity index (χ0n) is 9.47. The molecule has 1 aliphatic rings. The molecule has 96 valence electrons. The number of hydrogen-bond donors (Lipinski definition) is 2. The van der Waals surface area contributed by atoms with Crippen molar-refractivity contribution in [2.75, 3.05) is 11.4 Å². The lowest BCUT2D eigenvalue weighted by molar-refractivity contribution is -0.119. The SMILES string of the molecule is NC(=O)C1CCCN1c1ncc(Br)cc1C(=O)O. The van der Waals surface area contributed by atoms with Crippen molar-refractivity contribution in [3.05, 3.63) is 22.3 Å². The molecule has 6 nitrogen and oxygen atoms in total. The molecular formula is C11H12BrN3O3. The molecule has 0 spiro atoms. The molecule has 3 N–H and O–H groups in total. The van der Waals surface area contributed by atoms with Gasteiger partial charge in [0.15, 0.2) is 0 Å². The van der Waals surface area contributed by atoms with E-state index in [2.05, 4.69) is 20.9 Å². The third-order valence-corrected chi connectivity index (χ3v) is 3.35. The molecule has 1 aromatic rings. The minimum absolute atomic E-state index is 0.0672. The lowest BCUT2D eigenvalue weighted by atomic mass is 10.2. The fourth-order valence-corrected chi connectivity index (χ4v) is 2.47. The maximum atomic E-state index is 11.3. The van der Waals surface area contributed by atoms with Crippen molar-refractivity contribution in [2.45, 2.75) is 18.9 Å². The Morgan fingerprint density at radius 3 is 2.89 bits per heavy atom. The van der Waals surface area contributed by atoms with Gasteiger partial charge in [-0.15, -0.1) is 0 Å². The smallest absolute Gasteiger partial charge is 0.339 e. The molecule has 2 heterocycles. The Morgan fingerprint density at radius 2 is 2.28 bits per heavy atom. The first kappa shape index (κ1) is 12.8. The van der Waals surface area contributed by atoms with Crippen LogP contribution < -0.4 is 10.6 Å². The van der Waals surface area contributed by atoms with Crippen molar-refractivity contribution in [3.8, 4) is 0 Å². The van der Waals surface area contributed by atoms with Crippen LogP contribution in [0, 0.1) is 0 Å². The highest BCUT2D eigenvalue weighted by atomic mass is 79.9. The number of carbonyl (C=O) groups excluding carboxylic acids is 1. The zero-order chi connectivity index (χ0) is 13.3. The normalized spacial score (nSPS) is 18.9. The third-order valence-electron chi connectivity index (χ3n) is 2.92. The number of carbonyl (C=O) groups is 2. The van der Waals surface area contributed by atoms with Crippen LogP contribution >= 0.6 is 15.9 Å². The van der Waals surface area contributed by atoms with Crippen molar-refractivity contribution in [2.24, 2.45) is 5.73 Å². The van der Waals surface area contributed by atoms with Gasteiger partial charge >= 0.3 is 5.97 Å². The number of nitrogens with zero attached hydrogens (tertiary/aromatic N) is 2. The summed E-state index contributed by atoms with van der Waals surface area (Å²) in [7, 11) is 0. The molecule has 0 bridgehead atoms. The van der Waals surface area contributed by atoms with Gasteiger partial charge in [0.2, 0.25) is 5.91 Å². The maximum absolute atomic E-state index is 11.3. The van der Waals surface area contributed by atoms with Gasteiger partial charge in [-0.1, -0.05) is 0 Å². The number of aromatic carboxylic acids is 1. The molecule has 0 aliphatic carbocycles. The highest BCUT2D eigenvalue weighted by Crippen LogP contribution is 2.28. The van der Waals surface area contributed by atoms with Crippen LogP contribution in [0.15, 0.2) is 16.7 Å². The van der Waals surface area contributed by atoms with Gasteiger partial charge in [-0.05, 0) is 34.8 Å². The average Bonchev–Trinajstić information content (AvgIpc) is 2.77. The van der Waals surface area contributed by atoms with E-state index in [0.29, 0.717) is 23.3 Å². The number of amides is 1. The van der Waals surface area contributed by atoms with Crippen LogP contribution in [0.5, 0.6) is 0 Å². The number of anilines is 1. The number of aromatic nitrogens is 1. The molecule has 0 radical (unpaired) electrons. The fourth-order valence-electron chi connectivity index (χ4n) is 2.13. The molecule has 1 fully saturated rings. The molecule has 1 aromatic heterocycles. The minimum Gasteiger partial charge on any atom is -0.478 e. The molecule has 1 aliphatic heterocycles. The van der Waals surface area contributed by atoms with Crippen molar-refractivity contribution in [1.82, 2.24) is 4.98 Å². The van der Waals surface area contributed by atoms with Crippen LogP contribution in [-0.4, -0.2) is 34.6 Å². The first-order chi connectivity index (χ1) is 8.50. The number of primary amides is 1. The number of carboxylic acid groups (broad SMARTS) is 1. The van der Waals surface area contributed by atoms with Crippen LogP contribution in [0.25, 0.3) is 0 Å². The number of nitrogens with two attached hydrogens (primary N) is 1. The number of rotatable bonds is 3. The molecule has 18 heavy (non-hydrogen) atoms. The van der Waals surface area contributed by atoms with Crippen molar-refractivity contribution in [1.29, 1.82) is 0 Å². The molecule has 7 heteroatoms. The maximum Gasteiger partial charge on any atom is 0.339 e. The fraction of sp³-hybridized carbons (Fsp3) is 0.364. The Bertz CT molecular complexity index is 506. The monoisotopic (exact) mass is 313 g/mol. The van der Waals surface area contributed by atoms with Crippen LogP contribution in [0.3, 0.4) is 0 Å². The molecule has 2 rings (SSSR count). The lowest BCUT2D eigenvalue weighted by Gasteiger charge is -2.24. The Kier molecular flexibility index (Phi) is 3.51. The second-order valence-electron chi connectivity index (χ2n) is 4.08. The van der Waals surface area contributed by atoms with E-state index in [1.54, 1.807) is 4.90 Å². The second kappa shape index (κ2) is 4.93. The Morgan fingerprint density at radius 1 is 1.56 bits per heavy atom. The predicted octanol–water partition coefficient (Wildman–Crippen LogP) is 0.996. The van der Waals surface area contributed by atoms with E-state index in [4.69, 9.17) is 5.73 Å². The van der Waals surface area contributed by atoms with Crippen molar-refractivity contribution >= 4 is 33.6 Å². The summed E-state index contributed by atoms with van der Waals surface area (Å²) in [5, 5.41) is 9.17. The summed E-state index contributed by atoms with van der Waals surface area (Å²) in [6, 6.07) is 0.998. The summed E-state index contributed by atoms with van der Waals surface area (Å²) in [5.74, 6) is -1.23. The van der Waals surface area contributed by atoms with Gasteiger partial charge in [-0.25, -0.2) is 9.78 Å². The van der Waals surface area contributed by atoms with Gasteiger partial charge in [0.05, 0.1) is 0 Å². The third kappa shape index (κ3) is 2.31. The van der Waals surface area contributed by atoms with E-state index in [9.17, 15) is 14.7 Å². The van der Waals surface area contributed by atoms with E-state index in [0.717, 1.165) is 6.42 Å². The standard InChI is InChI=1S/C11H12BrN3O3/c12-6-4-7(11(17)18)10(14-5-6)15-3-1-2-8(15)9(13)16/h4-5,8H,1-3H2,(H2,13,16)(H,17,18). The van der Waals surface area contributed by atoms with Gasteiger partial charge in [-0.3, -0.25) is 4.79 Å². The van der Waals surface area contributed by atoms with Gasteiger partial charge in [0.25, 0.3) is 0 Å². The molecule has 0 saturated carbocycles. The van der Waals surface area contributed by atoms with Gasteiger partial charge in [0.1, 0.15) is 17.4 Å². The van der Waals surface area contributed by atoms with E-state index in [1.807, 2.05) is 0 Å². The first-order valence-corrected chi connectivity index (χ1v) is 6.25. The van der Waals surface area contributed by atoms with Crippen LogP contribution in [-0.2, 0) is 4.79 Å². The lowest BCUT2D eigenvalue weighted by Crippen LogP contribution is -2.41. The summed E-state index contributed by atoms with van der Waals surface area (Å²) in [4.78, 5) is 28.3. The summed E-state index contributed by atoms with van der Waals surface area (Å²) in [5.41, 5.74) is 5.38. The Labute approximate surface area is 112 Å². The first-order valence-electron chi connectivity index (χ1n) is 5.45. The molecule has 0 aromatic carbocycles. The highest BCUT2D eigenvalue weighted by Gasteiger charge is 2.32. The summed E-state index contributed by atoms with van der Waals surface area (Å²) >= 11 is 3.18. The summed E-state index contributed by atoms with van der Waals surface area (Å²) in [6.45, 7) is 0.586. The summed E-state index contributed by atoms with van der Waals surface area (Å²) in [6.07, 6.45) is 2.94. The predicted molar refractivity (Wildman–Crippen MR) is 68.5 cm³/mol. The van der Waals surface area contributed by atoms with E-state index in [1.165, 1.54) is 12.3 Å². The number of carboxylic acids is 1. The molecule has 1 unspecified atom stereocenters. The van der Waals surface area contributed by atoms with E-state index >= 15 is 0 Å². The second-order valence-corrected chi connectivity index (χ2v) is 5.00. The van der Waals surface area contributed by atoms with Gasteiger partial charge in [0, 0.05) is 17.2 Å². The van der Waals surface area contributed by atoms with E-state index < -0.39 is 17.9 Å². The number of pyridine rings is 1. The van der Waals surface area contributed by atoms with Crippen molar-refractivity contribution < 1.29 is 14.7 Å². The molecule has 1 amide bonds. The zero-order valence-corrected chi connectivity index (χ0v) is 11.1. The number of hydrogen-bond acceptors (Lipinski definition) is 4. The number of halogens is 1. The highest BCUT2D eigenvalue weighted by molar-refractivity contribution is 9.10. The van der Waals surface area contributed by atoms with Gasteiger partial charge < -0.3 is 15.7 Å².